The Morgan fingerprint density at radius 1 is 0.557 bits per heavy atom. The van der Waals surface area contributed by atoms with Crippen LogP contribution in [0.25, 0.3) is 43.8 Å². The molecule has 0 aliphatic heterocycles. The summed E-state index contributed by atoms with van der Waals surface area (Å²) in [6.07, 6.45) is 14.6. The van der Waals surface area contributed by atoms with Crippen LogP contribution in [0, 0.1) is 53.9 Å². The molecular formula is C54H67Cl2F3SiZr-4. The molecule has 2 radical (unpaired) electrons. The zero-order valence-electron chi connectivity index (χ0n) is 37.2. The first-order chi connectivity index (χ1) is 27.9. The summed E-state index contributed by atoms with van der Waals surface area (Å²) in [5.41, 5.74) is 13.9. The van der Waals surface area contributed by atoms with Crippen LogP contribution in [0.2, 0.25) is 0 Å². The number of rotatable bonds is 6. The first-order valence-corrected chi connectivity index (χ1v) is 25.8. The van der Waals surface area contributed by atoms with Crippen molar-refractivity contribution in [3.63, 3.8) is 0 Å². The second kappa shape index (κ2) is 27.0. The molecule has 0 unspecified atom stereocenters. The Balaban J connectivity index is 0.000000344. The quantitative estimate of drug-likeness (QED) is 0.0886. The maximum atomic E-state index is 10.7. The number of halogens is 5. The normalized spacial score (nSPS) is 14.5. The van der Waals surface area contributed by atoms with Crippen molar-refractivity contribution in [2.24, 2.45) is 11.8 Å². The Morgan fingerprint density at radius 2 is 0.869 bits per heavy atom. The Hall–Kier alpha value is -2.43. The molecule has 2 saturated carbocycles. The average molecular weight is 963 g/mol. The molecule has 0 bridgehead atoms. The molecule has 0 amide bonds. The third-order valence-corrected chi connectivity index (χ3v) is 12.0. The van der Waals surface area contributed by atoms with E-state index in [2.05, 4.69) is 139 Å². The summed E-state index contributed by atoms with van der Waals surface area (Å²) in [6, 6.07) is 37.1. The standard InChI is InChI=1S/2C25H29.C3H4F3.CH3.2ClH.Si.Zr/c2*1-18-12-19(2)14-23(13-18)24-11-7-10-22-16-21(17-25(22)24)15-20-8-5-3-4-6-9-20;1-2-3(4,5)6;;;;;/h2*7,10-14,16-17,20H,3-6,8-9,15H2,1-2H3;1-2H2;1H3;2*1H;;/q4*-1;;;;. The van der Waals surface area contributed by atoms with Crippen LogP contribution in [-0.4, -0.2) is 13.1 Å². The third-order valence-electron chi connectivity index (χ3n) is 12.0. The molecule has 0 saturated heterocycles. The van der Waals surface area contributed by atoms with Gasteiger partial charge in [0.15, 0.2) is 0 Å². The zero-order chi connectivity index (χ0) is 41.7. The molecule has 6 aromatic rings. The minimum absolute atomic E-state index is 0. The fraction of sp³-hybridized carbons (Fsp3) is 0.407. The number of hydrogen-bond donors (Lipinski definition) is 0. The molecule has 0 atom stereocenters. The van der Waals surface area contributed by atoms with E-state index < -0.39 is 12.6 Å². The second-order valence-corrected chi connectivity index (χ2v) is 17.1. The van der Waals surface area contributed by atoms with Gasteiger partial charge in [0.05, 0.1) is 0 Å². The predicted molar refractivity (Wildman–Crippen MR) is 261 cm³/mol. The molecule has 0 N–H and O–H groups in total. The van der Waals surface area contributed by atoms with Crippen LogP contribution in [0.1, 0.15) is 117 Å². The fourth-order valence-electron chi connectivity index (χ4n) is 9.40. The number of benzene rings is 4. The van der Waals surface area contributed by atoms with Crippen molar-refractivity contribution < 1.29 is 36.5 Å². The summed E-state index contributed by atoms with van der Waals surface area (Å²) in [5, 5.41) is 5.66. The molecule has 2 aliphatic carbocycles. The van der Waals surface area contributed by atoms with Crippen molar-refractivity contribution in [3.05, 3.63) is 145 Å². The maximum absolute atomic E-state index is 10.7. The van der Waals surface area contributed by atoms with E-state index in [1.54, 1.807) is 11.1 Å². The van der Waals surface area contributed by atoms with Crippen molar-refractivity contribution >= 4 is 53.2 Å². The van der Waals surface area contributed by atoms with Gasteiger partial charge in [-0.25, -0.2) is 0 Å². The summed E-state index contributed by atoms with van der Waals surface area (Å²) in [7, 11) is 0. The molecule has 61 heavy (non-hydrogen) atoms. The van der Waals surface area contributed by atoms with Gasteiger partial charge >= 0.3 is 36.4 Å². The summed E-state index contributed by atoms with van der Waals surface area (Å²) in [4.78, 5) is 0. The van der Waals surface area contributed by atoms with Crippen LogP contribution in [0.3, 0.4) is 0 Å². The summed E-state index contributed by atoms with van der Waals surface area (Å²) in [5.74, 6) is 1.79. The van der Waals surface area contributed by atoms with Gasteiger partial charge in [0.2, 0.25) is 0 Å². The van der Waals surface area contributed by atoms with Crippen LogP contribution >= 0.6 is 24.8 Å². The van der Waals surface area contributed by atoms with E-state index in [-0.39, 0.29) is 32.2 Å². The summed E-state index contributed by atoms with van der Waals surface area (Å²) < 4.78 is 32.2. The van der Waals surface area contributed by atoms with E-state index in [1.807, 2.05) is 0 Å². The van der Waals surface area contributed by atoms with E-state index in [0.29, 0.717) is 0 Å². The van der Waals surface area contributed by atoms with Gasteiger partial charge in [0.25, 0.3) is 0 Å². The first kappa shape index (κ1) is 54.7. The molecule has 2 fully saturated rings. The monoisotopic (exact) mass is 960 g/mol. The molecule has 2 aliphatic rings. The average Bonchev–Trinajstić information content (AvgIpc) is 3.57. The molecule has 0 spiro atoms. The Bertz CT molecular complexity index is 1990. The van der Waals surface area contributed by atoms with Gasteiger partial charge in [0, 0.05) is 0 Å². The zero-order valence-corrected chi connectivity index (χ0v) is 42.2. The molecule has 0 heterocycles. The van der Waals surface area contributed by atoms with Gasteiger partial charge in [-0.15, -0.1) is 93.9 Å². The van der Waals surface area contributed by atoms with Crippen LogP contribution < -0.4 is 0 Å². The summed E-state index contributed by atoms with van der Waals surface area (Å²) >= 11 is 1.36. The predicted octanol–water partition coefficient (Wildman–Crippen LogP) is 17.4. The minimum atomic E-state index is -4.07. The molecule has 6 aromatic carbocycles. The number of alkyl halides is 3. The SMILES string of the molecule is Cc1cc(C)cc(-c2cccc3[cH-]c(CC4CCCCCC4)cc23)c1.Cc1cc(C)cc(-c2cccc3[cH-]c(CC4CCCCCC4)cc23)c1.Cl.Cl.[CH2-]CC(F)(F)F.[CH3-].[Si]=[Zr]. The van der Waals surface area contributed by atoms with Gasteiger partial charge in [0.1, 0.15) is 0 Å². The number of fused-ring (bicyclic) bond motifs is 2. The van der Waals surface area contributed by atoms with Gasteiger partial charge < -0.3 is 14.4 Å². The van der Waals surface area contributed by atoms with E-state index >= 15 is 0 Å². The second-order valence-electron chi connectivity index (χ2n) is 17.1. The first-order valence-electron chi connectivity index (χ1n) is 21.6. The van der Waals surface area contributed by atoms with Crippen molar-refractivity contribution in [2.45, 2.75) is 130 Å². The molecule has 8 rings (SSSR count). The molecule has 7 heteroatoms. The van der Waals surface area contributed by atoms with E-state index in [9.17, 15) is 13.2 Å². The van der Waals surface area contributed by atoms with E-state index in [0.717, 1.165) is 11.8 Å². The van der Waals surface area contributed by atoms with Crippen LogP contribution in [0.15, 0.2) is 97.1 Å². The molecule has 0 aromatic heterocycles. The third kappa shape index (κ3) is 16.9. The van der Waals surface area contributed by atoms with Gasteiger partial charge in [-0.3, -0.25) is 0 Å². The molecule has 0 nitrogen and oxygen atoms in total. The van der Waals surface area contributed by atoms with Crippen LogP contribution in [0.4, 0.5) is 13.2 Å². The Labute approximate surface area is 396 Å². The summed E-state index contributed by atoms with van der Waals surface area (Å²) in [6.45, 7) is 14.5. The van der Waals surface area contributed by atoms with Crippen LogP contribution in [0.5, 0.6) is 0 Å². The fourth-order valence-corrected chi connectivity index (χ4v) is 9.40. The number of hydrogen-bond acceptors (Lipinski definition) is 0. The van der Waals surface area contributed by atoms with Crippen molar-refractivity contribution in [3.8, 4) is 22.3 Å². The van der Waals surface area contributed by atoms with E-state index in [1.165, 1.54) is 179 Å². The van der Waals surface area contributed by atoms with Crippen molar-refractivity contribution in [2.75, 3.05) is 0 Å². The van der Waals surface area contributed by atoms with Crippen molar-refractivity contribution in [1.82, 2.24) is 0 Å². The van der Waals surface area contributed by atoms with Crippen molar-refractivity contribution in [1.29, 1.82) is 0 Å². The van der Waals surface area contributed by atoms with Crippen LogP contribution in [-0.2, 0) is 36.2 Å². The molecular weight excluding hydrogens is 896 g/mol. The topological polar surface area (TPSA) is 0 Å². The Kier molecular flexibility index (Phi) is 24.2. The van der Waals surface area contributed by atoms with Gasteiger partial charge in [-0.1, -0.05) is 165 Å². The molecule has 330 valence electrons. The van der Waals surface area contributed by atoms with Gasteiger partial charge in [-0.2, -0.15) is 25.3 Å². The number of aryl methyl sites for hydroxylation is 4. The van der Waals surface area contributed by atoms with E-state index in [4.69, 9.17) is 0 Å². The Morgan fingerprint density at radius 3 is 1.16 bits per heavy atom. The van der Waals surface area contributed by atoms with Gasteiger partial charge in [-0.05, 0) is 63.5 Å².